The van der Waals surface area contributed by atoms with Gasteiger partial charge in [0.2, 0.25) is 0 Å². The van der Waals surface area contributed by atoms with E-state index in [9.17, 15) is 9.59 Å². The van der Waals surface area contributed by atoms with E-state index >= 15 is 0 Å². The van der Waals surface area contributed by atoms with Gasteiger partial charge in [0.15, 0.2) is 0 Å². The third kappa shape index (κ3) is 4.42. The van der Waals surface area contributed by atoms with Crippen molar-refractivity contribution in [3.8, 4) is 28.2 Å². The van der Waals surface area contributed by atoms with Gasteiger partial charge in [-0.25, -0.2) is 9.59 Å². The smallest absolute Gasteiger partial charge is 0.348 e. The first-order chi connectivity index (χ1) is 18.0. The zero-order valence-corrected chi connectivity index (χ0v) is 21.6. The molecule has 6 heteroatoms. The molecule has 1 saturated heterocycles. The van der Waals surface area contributed by atoms with Crippen molar-refractivity contribution in [3.63, 3.8) is 0 Å². The third-order valence-electron chi connectivity index (χ3n) is 6.89. The first-order valence-electron chi connectivity index (χ1n) is 12.3. The average molecular weight is 554 g/mol. The van der Waals surface area contributed by atoms with Crippen molar-refractivity contribution >= 4 is 33.9 Å². The number of nitrogens with zero attached hydrogens (tertiary/aromatic N) is 1. The van der Waals surface area contributed by atoms with Crippen LogP contribution >= 0.6 is 15.9 Å². The second-order valence-electron chi connectivity index (χ2n) is 9.33. The van der Waals surface area contributed by atoms with E-state index in [1.165, 1.54) is 0 Å². The molecule has 1 aliphatic heterocycles. The summed E-state index contributed by atoms with van der Waals surface area (Å²) in [5, 5.41) is 0. The van der Waals surface area contributed by atoms with Gasteiger partial charge in [-0.1, -0.05) is 76.6 Å². The summed E-state index contributed by atoms with van der Waals surface area (Å²) in [5.41, 5.74) is 5.32. The van der Waals surface area contributed by atoms with Crippen LogP contribution in [-0.2, 0) is 19.1 Å². The van der Waals surface area contributed by atoms with E-state index in [-0.39, 0.29) is 5.57 Å². The number of esters is 2. The molecule has 1 aromatic heterocycles. The monoisotopic (exact) mass is 553 g/mol. The van der Waals surface area contributed by atoms with E-state index in [1.807, 2.05) is 91.0 Å². The second kappa shape index (κ2) is 9.52. The zero-order valence-electron chi connectivity index (χ0n) is 20.0. The van der Waals surface area contributed by atoms with Gasteiger partial charge in [0.25, 0.3) is 5.79 Å². The van der Waals surface area contributed by atoms with Crippen LogP contribution in [0.4, 0.5) is 0 Å². The van der Waals surface area contributed by atoms with Crippen LogP contribution in [0.2, 0.25) is 0 Å². The first-order valence-corrected chi connectivity index (χ1v) is 13.1. The number of ether oxygens (including phenoxy) is 2. The van der Waals surface area contributed by atoms with Crippen molar-refractivity contribution in [2.45, 2.75) is 31.5 Å². The molecule has 0 amide bonds. The Morgan fingerprint density at radius 2 is 1.32 bits per heavy atom. The lowest BCUT2D eigenvalue weighted by molar-refractivity contribution is -0.232. The maximum absolute atomic E-state index is 13.1. The van der Waals surface area contributed by atoms with Crippen LogP contribution in [0, 0.1) is 0 Å². The molecule has 0 bridgehead atoms. The van der Waals surface area contributed by atoms with Crippen LogP contribution < -0.4 is 0 Å². The minimum atomic E-state index is -1.10. The molecular weight excluding hydrogens is 530 g/mol. The molecule has 1 saturated carbocycles. The molecule has 2 aliphatic rings. The number of hydrogen-bond donors (Lipinski definition) is 0. The Hall–Kier alpha value is -3.90. The summed E-state index contributed by atoms with van der Waals surface area (Å²) in [7, 11) is 0. The fourth-order valence-corrected chi connectivity index (χ4v) is 5.42. The van der Waals surface area contributed by atoms with Crippen LogP contribution in [0.3, 0.4) is 0 Å². The highest BCUT2D eigenvalue weighted by Gasteiger charge is 2.48. The Labute approximate surface area is 223 Å². The Bertz CT molecular complexity index is 1480. The van der Waals surface area contributed by atoms with Gasteiger partial charge >= 0.3 is 11.9 Å². The second-order valence-corrected chi connectivity index (χ2v) is 10.2. The Balaban J connectivity index is 1.57. The fraction of sp³-hybridized carbons (Fsp3) is 0.161. The third-order valence-corrected chi connectivity index (χ3v) is 7.42. The SMILES string of the molecule is O=C1OC2(CCCC2)OC(=O)C1=Cc1cc(-c2ccccc2)n(-c2ccc(Br)cc2)c1-c1ccccc1. The molecule has 0 atom stereocenters. The Kier molecular flexibility index (Phi) is 6.05. The molecular formula is C31H24BrNO4. The summed E-state index contributed by atoms with van der Waals surface area (Å²) in [6.07, 6.45) is 4.44. The van der Waals surface area contributed by atoms with Gasteiger partial charge in [-0.15, -0.1) is 0 Å². The molecule has 0 N–H and O–H groups in total. The maximum atomic E-state index is 13.1. The van der Waals surface area contributed by atoms with Crippen molar-refractivity contribution in [2.24, 2.45) is 0 Å². The largest absolute Gasteiger partial charge is 0.419 e. The van der Waals surface area contributed by atoms with Gasteiger partial charge in [0.05, 0.1) is 11.4 Å². The summed E-state index contributed by atoms with van der Waals surface area (Å²) in [4.78, 5) is 26.2. The average Bonchev–Trinajstić information content (AvgIpc) is 3.52. The lowest BCUT2D eigenvalue weighted by Crippen LogP contribution is -2.44. The van der Waals surface area contributed by atoms with Crippen LogP contribution in [0.5, 0.6) is 0 Å². The van der Waals surface area contributed by atoms with Gasteiger partial charge in [-0.05, 0) is 60.4 Å². The molecule has 6 rings (SSSR count). The van der Waals surface area contributed by atoms with Gasteiger partial charge < -0.3 is 14.0 Å². The first kappa shape index (κ1) is 23.5. The number of aromatic nitrogens is 1. The highest BCUT2D eigenvalue weighted by Crippen LogP contribution is 2.41. The minimum Gasteiger partial charge on any atom is -0.419 e. The number of benzene rings is 3. The number of hydrogen-bond acceptors (Lipinski definition) is 4. The van der Waals surface area contributed by atoms with Crippen molar-refractivity contribution in [1.29, 1.82) is 0 Å². The van der Waals surface area contributed by atoms with Crippen LogP contribution in [0.15, 0.2) is 101 Å². The summed E-state index contributed by atoms with van der Waals surface area (Å²) in [6, 6.07) is 30.1. The summed E-state index contributed by atoms with van der Waals surface area (Å²) >= 11 is 3.53. The molecule has 4 aromatic rings. The number of rotatable bonds is 4. The van der Waals surface area contributed by atoms with Gasteiger partial charge in [0, 0.05) is 28.6 Å². The quantitative estimate of drug-likeness (QED) is 0.151. The normalized spacial score (nSPS) is 16.5. The maximum Gasteiger partial charge on any atom is 0.348 e. The van der Waals surface area contributed by atoms with Crippen molar-refractivity contribution in [3.05, 3.63) is 107 Å². The molecule has 3 aromatic carbocycles. The number of halogens is 1. The fourth-order valence-electron chi connectivity index (χ4n) is 5.15. The molecule has 0 unspecified atom stereocenters. The highest BCUT2D eigenvalue weighted by molar-refractivity contribution is 9.10. The van der Waals surface area contributed by atoms with Crippen LogP contribution in [0.1, 0.15) is 31.2 Å². The van der Waals surface area contributed by atoms with E-state index in [0.717, 1.165) is 51.1 Å². The van der Waals surface area contributed by atoms with E-state index in [2.05, 4.69) is 20.5 Å². The Morgan fingerprint density at radius 3 is 1.92 bits per heavy atom. The van der Waals surface area contributed by atoms with Crippen LogP contribution in [0.25, 0.3) is 34.3 Å². The van der Waals surface area contributed by atoms with Crippen LogP contribution in [-0.4, -0.2) is 22.3 Å². The number of carbonyl (C=O) groups is 2. The summed E-state index contributed by atoms with van der Waals surface area (Å²) in [6.45, 7) is 0. The molecule has 1 spiro atoms. The van der Waals surface area contributed by atoms with E-state index in [0.29, 0.717) is 12.8 Å². The Morgan fingerprint density at radius 1 is 0.757 bits per heavy atom. The predicted molar refractivity (Wildman–Crippen MR) is 146 cm³/mol. The predicted octanol–water partition coefficient (Wildman–Crippen LogP) is 7.33. The van der Waals surface area contributed by atoms with E-state index in [4.69, 9.17) is 9.47 Å². The van der Waals surface area contributed by atoms with Gasteiger partial charge in [0.1, 0.15) is 5.57 Å². The summed E-state index contributed by atoms with van der Waals surface area (Å²) in [5.74, 6) is -2.36. The van der Waals surface area contributed by atoms with Gasteiger partial charge in [-0.2, -0.15) is 0 Å². The molecule has 1 aliphatic carbocycles. The van der Waals surface area contributed by atoms with Crippen molar-refractivity contribution in [1.82, 2.24) is 4.57 Å². The molecule has 0 radical (unpaired) electrons. The summed E-state index contributed by atoms with van der Waals surface area (Å²) < 4.78 is 14.5. The zero-order chi connectivity index (χ0) is 25.4. The van der Waals surface area contributed by atoms with E-state index in [1.54, 1.807) is 6.08 Å². The lowest BCUT2D eigenvalue weighted by atomic mass is 10.0. The van der Waals surface area contributed by atoms with Gasteiger partial charge in [-0.3, -0.25) is 0 Å². The van der Waals surface area contributed by atoms with E-state index < -0.39 is 17.7 Å². The lowest BCUT2D eigenvalue weighted by Gasteiger charge is -2.32. The number of carbonyl (C=O) groups excluding carboxylic acids is 2. The molecule has 5 nitrogen and oxygen atoms in total. The van der Waals surface area contributed by atoms with Crippen molar-refractivity contribution < 1.29 is 19.1 Å². The van der Waals surface area contributed by atoms with Crippen molar-refractivity contribution in [2.75, 3.05) is 0 Å². The minimum absolute atomic E-state index is 0.0951. The molecule has 184 valence electrons. The molecule has 2 fully saturated rings. The molecule has 2 heterocycles. The standard InChI is InChI=1S/C31H24BrNO4/c32-24-13-15-25(16-14-24)33-27(21-9-3-1-4-10-21)20-23(28(33)22-11-5-2-6-12-22)19-26-29(34)36-31(37-30(26)35)17-7-8-18-31/h1-6,9-16,19-20H,7-8,17-18H2. The highest BCUT2D eigenvalue weighted by atomic mass is 79.9. The molecule has 37 heavy (non-hydrogen) atoms. The topological polar surface area (TPSA) is 57.5 Å².